The monoisotopic (exact) mass is 321 g/mol. The van der Waals surface area contributed by atoms with E-state index < -0.39 is 0 Å². The van der Waals surface area contributed by atoms with E-state index in [9.17, 15) is 0 Å². The van der Waals surface area contributed by atoms with E-state index in [1.165, 1.54) is 6.21 Å². The Bertz CT molecular complexity index is 366. The number of ether oxygens (including phenoxy) is 2. The summed E-state index contributed by atoms with van der Waals surface area (Å²) in [4.78, 5) is 0. The predicted molar refractivity (Wildman–Crippen MR) is 66.3 cm³/mol. The van der Waals surface area contributed by atoms with E-state index in [1.807, 2.05) is 13.0 Å². The van der Waals surface area contributed by atoms with Crippen molar-refractivity contribution in [3.8, 4) is 11.5 Å². The Hall–Kier alpha value is -0.980. The second kappa shape index (κ2) is 5.79. The molecule has 0 aliphatic carbocycles. The Morgan fingerprint density at radius 3 is 2.80 bits per heavy atom. The Labute approximate surface area is 102 Å². The summed E-state index contributed by atoms with van der Waals surface area (Å²) in [5.74, 6) is 1.36. The van der Waals surface area contributed by atoms with Gasteiger partial charge in [0.25, 0.3) is 0 Å². The van der Waals surface area contributed by atoms with E-state index in [2.05, 4.69) is 27.7 Å². The van der Waals surface area contributed by atoms with E-state index in [-0.39, 0.29) is 0 Å². The van der Waals surface area contributed by atoms with Gasteiger partial charge in [-0.25, -0.2) is 0 Å². The van der Waals surface area contributed by atoms with Gasteiger partial charge in [-0.1, -0.05) is 5.16 Å². The zero-order valence-corrected chi connectivity index (χ0v) is 10.7. The van der Waals surface area contributed by atoms with Crippen LogP contribution in [0, 0.1) is 3.57 Å². The summed E-state index contributed by atoms with van der Waals surface area (Å²) in [5.41, 5.74) is 0.766. The Morgan fingerprint density at radius 1 is 1.53 bits per heavy atom. The van der Waals surface area contributed by atoms with Crippen molar-refractivity contribution in [3.05, 3.63) is 21.3 Å². The number of nitrogens with zero attached hydrogens (tertiary/aromatic N) is 1. The molecule has 1 aromatic carbocycles. The summed E-state index contributed by atoms with van der Waals surface area (Å²) in [6.45, 7) is 2.50. The molecule has 82 valence electrons. The third-order valence-corrected chi connectivity index (χ3v) is 2.55. The van der Waals surface area contributed by atoms with Crippen molar-refractivity contribution in [3.63, 3.8) is 0 Å². The van der Waals surface area contributed by atoms with Crippen molar-refractivity contribution in [1.29, 1.82) is 0 Å². The van der Waals surface area contributed by atoms with Gasteiger partial charge < -0.3 is 14.7 Å². The van der Waals surface area contributed by atoms with E-state index in [4.69, 9.17) is 14.7 Å². The highest BCUT2D eigenvalue weighted by atomic mass is 127. The van der Waals surface area contributed by atoms with Crippen LogP contribution in [-0.2, 0) is 0 Å². The first-order chi connectivity index (χ1) is 7.22. The predicted octanol–water partition coefficient (Wildman–Crippen LogP) is 2.51. The van der Waals surface area contributed by atoms with Crippen LogP contribution in [-0.4, -0.2) is 25.1 Å². The fourth-order valence-corrected chi connectivity index (χ4v) is 1.95. The quantitative estimate of drug-likeness (QED) is 0.401. The topological polar surface area (TPSA) is 51.0 Å². The first-order valence-electron chi connectivity index (χ1n) is 4.40. The molecule has 5 heteroatoms. The number of hydrogen-bond acceptors (Lipinski definition) is 4. The SMILES string of the molecule is CCOc1c(I)cc(C=NO)cc1OC. The van der Waals surface area contributed by atoms with E-state index in [0.29, 0.717) is 12.4 Å². The number of oxime groups is 1. The van der Waals surface area contributed by atoms with Gasteiger partial charge in [0, 0.05) is 5.56 Å². The molecule has 0 fully saturated rings. The molecule has 1 aromatic rings. The molecule has 0 aromatic heterocycles. The highest BCUT2D eigenvalue weighted by molar-refractivity contribution is 14.1. The number of rotatable bonds is 4. The van der Waals surface area contributed by atoms with Crippen LogP contribution < -0.4 is 9.47 Å². The summed E-state index contributed by atoms with van der Waals surface area (Å²) in [7, 11) is 1.58. The molecule has 0 radical (unpaired) electrons. The minimum atomic E-state index is 0.583. The standard InChI is InChI=1S/C10H12INO3/c1-3-15-10-8(11)4-7(6-12-13)5-9(10)14-2/h4-6,13H,3H2,1-2H3. The second-order valence-electron chi connectivity index (χ2n) is 2.71. The largest absolute Gasteiger partial charge is 0.493 e. The van der Waals surface area contributed by atoms with Gasteiger partial charge in [-0.15, -0.1) is 0 Å². The van der Waals surface area contributed by atoms with Crippen LogP contribution in [0.25, 0.3) is 0 Å². The number of hydrogen-bond donors (Lipinski definition) is 1. The molecule has 1 N–H and O–H groups in total. The van der Waals surface area contributed by atoms with Crippen LogP contribution in [0.2, 0.25) is 0 Å². The van der Waals surface area contributed by atoms with Crippen molar-refractivity contribution in [2.24, 2.45) is 5.16 Å². The van der Waals surface area contributed by atoms with Crippen LogP contribution in [0.4, 0.5) is 0 Å². The molecule has 0 heterocycles. The van der Waals surface area contributed by atoms with Crippen molar-refractivity contribution in [2.45, 2.75) is 6.92 Å². The van der Waals surface area contributed by atoms with Gasteiger partial charge in [0.1, 0.15) is 0 Å². The molecule has 4 nitrogen and oxygen atoms in total. The molecule has 0 unspecified atom stereocenters. The molecular weight excluding hydrogens is 309 g/mol. The van der Waals surface area contributed by atoms with Crippen molar-refractivity contribution >= 4 is 28.8 Å². The van der Waals surface area contributed by atoms with Gasteiger partial charge in [-0.05, 0) is 41.6 Å². The molecular formula is C10H12INO3. The smallest absolute Gasteiger partial charge is 0.174 e. The summed E-state index contributed by atoms with van der Waals surface area (Å²) >= 11 is 2.15. The molecule has 0 saturated carbocycles. The average Bonchev–Trinajstić information content (AvgIpc) is 2.22. The zero-order chi connectivity index (χ0) is 11.3. The Balaban J connectivity index is 3.17. The van der Waals surface area contributed by atoms with Crippen LogP contribution >= 0.6 is 22.6 Å². The van der Waals surface area contributed by atoms with E-state index in [1.54, 1.807) is 13.2 Å². The normalized spacial score (nSPS) is 10.6. The fraction of sp³-hybridized carbons (Fsp3) is 0.300. The molecule has 1 rings (SSSR count). The first kappa shape index (κ1) is 12.1. The van der Waals surface area contributed by atoms with Gasteiger partial charge >= 0.3 is 0 Å². The summed E-state index contributed by atoms with van der Waals surface area (Å²) in [5, 5.41) is 11.4. The van der Waals surface area contributed by atoms with Crippen molar-refractivity contribution < 1.29 is 14.7 Å². The lowest BCUT2D eigenvalue weighted by atomic mass is 10.2. The molecule has 0 aliphatic heterocycles. The number of methoxy groups -OCH3 is 1. The first-order valence-corrected chi connectivity index (χ1v) is 5.48. The molecule has 0 amide bonds. The minimum Gasteiger partial charge on any atom is -0.493 e. The maximum absolute atomic E-state index is 8.44. The second-order valence-corrected chi connectivity index (χ2v) is 3.87. The van der Waals surface area contributed by atoms with E-state index >= 15 is 0 Å². The van der Waals surface area contributed by atoms with Crippen LogP contribution in [0.3, 0.4) is 0 Å². The lowest BCUT2D eigenvalue weighted by molar-refractivity contribution is 0.308. The van der Waals surface area contributed by atoms with Crippen LogP contribution in [0.5, 0.6) is 11.5 Å². The van der Waals surface area contributed by atoms with Gasteiger partial charge in [0.05, 0.1) is 23.5 Å². The number of halogens is 1. The molecule has 15 heavy (non-hydrogen) atoms. The molecule has 0 atom stereocenters. The Morgan fingerprint density at radius 2 is 2.27 bits per heavy atom. The van der Waals surface area contributed by atoms with Gasteiger partial charge in [0.15, 0.2) is 11.5 Å². The van der Waals surface area contributed by atoms with Gasteiger partial charge in [-0.2, -0.15) is 0 Å². The summed E-state index contributed by atoms with van der Waals surface area (Å²) in [6, 6.07) is 3.61. The van der Waals surface area contributed by atoms with E-state index in [0.717, 1.165) is 14.9 Å². The van der Waals surface area contributed by atoms with Crippen LogP contribution in [0.15, 0.2) is 17.3 Å². The third kappa shape index (κ3) is 2.98. The molecule has 0 saturated heterocycles. The van der Waals surface area contributed by atoms with Gasteiger partial charge in [-0.3, -0.25) is 0 Å². The van der Waals surface area contributed by atoms with Crippen molar-refractivity contribution in [1.82, 2.24) is 0 Å². The highest BCUT2D eigenvalue weighted by Gasteiger charge is 2.10. The molecule has 0 spiro atoms. The lowest BCUT2D eigenvalue weighted by Gasteiger charge is -2.11. The molecule has 0 aliphatic rings. The summed E-state index contributed by atoms with van der Waals surface area (Å²) < 4.78 is 11.6. The lowest BCUT2D eigenvalue weighted by Crippen LogP contribution is -1.99. The fourth-order valence-electron chi connectivity index (χ4n) is 1.17. The average molecular weight is 321 g/mol. The highest BCUT2D eigenvalue weighted by Crippen LogP contribution is 2.33. The third-order valence-electron chi connectivity index (χ3n) is 1.75. The maximum Gasteiger partial charge on any atom is 0.174 e. The molecule has 0 bridgehead atoms. The minimum absolute atomic E-state index is 0.583. The zero-order valence-electron chi connectivity index (χ0n) is 8.53. The number of benzene rings is 1. The van der Waals surface area contributed by atoms with Crippen molar-refractivity contribution in [2.75, 3.05) is 13.7 Å². The Kier molecular flexibility index (Phi) is 4.67. The maximum atomic E-state index is 8.44. The summed E-state index contributed by atoms with van der Waals surface area (Å²) in [6.07, 6.45) is 1.35. The van der Waals surface area contributed by atoms with Gasteiger partial charge in [0.2, 0.25) is 0 Å². The van der Waals surface area contributed by atoms with Crippen LogP contribution in [0.1, 0.15) is 12.5 Å².